The minimum Gasteiger partial charge on any atom is -0.344 e. The highest BCUT2D eigenvalue weighted by molar-refractivity contribution is 7.18. The molecule has 1 aromatic carbocycles. The predicted octanol–water partition coefficient (Wildman–Crippen LogP) is 2.52. The largest absolute Gasteiger partial charge is 0.344 e. The Hall–Kier alpha value is -2.67. The molecule has 2 aromatic heterocycles. The molecule has 3 rings (SSSR count). The number of hydrogen-bond acceptors (Lipinski definition) is 4. The van der Waals surface area contributed by atoms with Crippen molar-refractivity contribution < 1.29 is 9.59 Å². The van der Waals surface area contributed by atoms with Crippen LogP contribution in [-0.4, -0.2) is 21.4 Å². The fraction of sp³-hybridized carbons (Fsp3) is 0.188. The lowest BCUT2D eigenvalue weighted by Gasteiger charge is -2.04. The number of fused-ring (bicyclic) bond motifs is 1. The summed E-state index contributed by atoms with van der Waals surface area (Å²) in [5.74, 6) is 0.454. The Morgan fingerprint density at radius 2 is 2.00 bits per heavy atom. The van der Waals surface area contributed by atoms with Crippen LogP contribution in [0.3, 0.4) is 0 Å². The van der Waals surface area contributed by atoms with E-state index in [9.17, 15) is 9.59 Å². The molecular weight excluding hydrogens is 312 g/mol. The molecular formula is C16H16N4O2S. The molecule has 0 radical (unpaired) electrons. The first-order valence-electron chi connectivity index (χ1n) is 7.10. The first-order chi connectivity index (χ1) is 11.0. The zero-order valence-corrected chi connectivity index (χ0v) is 13.6. The summed E-state index contributed by atoms with van der Waals surface area (Å²) in [5.41, 5.74) is 1.93. The number of amides is 2. The van der Waals surface area contributed by atoms with Gasteiger partial charge in [0.05, 0.1) is 27.5 Å². The second kappa shape index (κ2) is 6.21. The summed E-state index contributed by atoms with van der Waals surface area (Å²) in [6, 6.07) is 11.2. The molecule has 0 unspecified atom stereocenters. The van der Waals surface area contributed by atoms with Crippen molar-refractivity contribution in [1.29, 1.82) is 0 Å². The molecule has 3 aromatic rings. The molecule has 0 bridgehead atoms. The minimum absolute atomic E-state index is 0.154. The van der Waals surface area contributed by atoms with Crippen molar-refractivity contribution in [2.45, 2.75) is 13.5 Å². The first kappa shape index (κ1) is 15.2. The van der Waals surface area contributed by atoms with E-state index in [4.69, 9.17) is 0 Å². The molecule has 23 heavy (non-hydrogen) atoms. The van der Waals surface area contributed by atoms with Crippen LogP contribution in [0.4, 0.5) is 5.00 Å². The van der Waals surface area contributed by atoms with Gasteiger partial charge in [-0.05, 0) is 24.3 Å². The second-order valence-electron chi connectivity index (χ2n) is 5.10. The maximum Gasteiger partial charge on any atom is 0.261 e. The molecule has 6 nitrogen and oxygen atoms in total. The number of imidazole rings is 1. The second-order valence-corrected chi connectivity index (χ2v) is 6.19. The van der Waals surface area contributed by atoms with Gasteiger partial charge >= 0.3 is 0 Å². The molecule has 0 aliphatic heterocycles. The molecule has 0 atom stereocenters. The number of carbonyl (C=O) groups is 2. The van der Waals surface area contributed by atoms with Gasteiger partial charge in [0.1, 0.15) is 5.82 Å². The van der Waals surface area contributed by atoms with Gasteiger partial charge in [0.2, 0.25) is 5.91 Å². The highest BCUT2D eigenvalue weighted by Crippen LogP contribution is 2.22. The van der Waals surface area contributed by atoms with Crippen molar-refractivity contribution in [3.63, 3.8) is 0 Å². The number of para-hydroxylation sites is 2. The molecule has 0 aliphatic rings. The van der Waals surface area contributed by atoms with E-state index in [0.29, 0.717) is 16.4 Å². The predicted molar refractivity (Wildman–Crippen MR) is 90.5 cm³/mol. The SMILES string of the molecule is CC(=O)Nc1ccc(C(=O)NCc2nc3ccccc3n2C)s1. The van der Waals surface area contributed by atoms with Crippen molar-refractivity contribution in [2.75, 3.05) is 5.32 Å². The average Bonchev–Trinajstić information content (AvgIpc) is 3.10. The highest BCUT2D eigenvalue weighted by Gasteiger charge is 2.12. The van der Waals surface area contributed by atoms with E-state index in [1.165, 1.54) is 18.3 Å². The number of anilines is 1. The third-order valence-corrected chi connectivity index (χ3v) is 4.42. The lowest BCUT2D eigenvalue weighted by Crippen LogP contribution is -2.23. The van der Waals surface area contributed by atoms with E-state index in [-0.39, 0.29) is 11.8 Å². The van der Waals surface area contributed by atoms with E-state index in [1.807, 2.05) is 35.9 Å². The third-order valence-electron chi connectivity index (χ3n) is 3.42. The van der Waals surface area contributed by atoms with Gasteiger partial charge in [0, 0.05) is 14.0 Å². The van der Waals surface area contributed by atoms with E-state index < -0.39 is 0 Å². The molecule has 118 valence electrons. The van der Waals surface area contributed by atoms with Crippen LogP contribution in [0.25, 0.3) is 11.0 Å². The molecule has 0 saturated heterocycles. The summed E-state index contributed by atoms with van der Waals surface area (Å²) in [6.45, 7) is 1.78. The molecule has 0 saturated carbocycles. The summed E-state index contributed by atoms with van der Waals surface area (Å²) >= 11 is 1.24. The third kappa shape index (κ3) is 3.24. The van der Waals surface area contributed by atoms with Gasteiger partial charge in [-0.2, -0.15) is 0 Å². The number of hydrogen-bond donors (Lipinski definition) is 2. The van der Waals surface area contributed by atoms with Crippen molar-refractivity contribution in [3.05, 3.63) is 47.1 Å². The monoisotopic (exact) mass is 328 g/mol. The van der Waals surface area contributed by atoms with Gasteiger partial charge in [-0.3, -0.25) is 9.59 Å². The van der Waals surface area contributed by atoms with Crippen LogP contribution in [0, 0.1) is 0 Å². The van der Waals surface area contributed by atoms with Crippen LogP contribution in [0.2, 0.25) is 0 Å². The van der Waals surface area contributed by atoms with Gasteiger partial charge in [0.25, 0.3) is 5.91 Å². The van der Waals surface area contributed by atoms with E-state index in [0.717, 1.165) is 16.9 Å². The fourth-order valence-corrected chi connectivity index (χ4v) is 3.17. The number of nitrogens with zero attached hydrogens (tertiary/aromatic N) is 2. The average molecular weight is 328 g/mol. The molecule has 7 heteroatoms. The Morgan fingerprint density at radius 3 is 2.74 bits per heavy atom. The molecule has 2 N–H and O–H groups in total. The lowest BCUT2D eigenvalue weighted by atomic mass is 10.3. The minimum atomic E-state index is -0.182. The summed E-state index contributed by atoms with van der Waals surface area (Å²) in [6.07, 6.45) is 0. The van der Waals surface area contributed by atoms with Crippen molar-refractivity contribution in [2.24, 2.45) is 7.05 Å². The Morgan fingerprint density at radius 1 is 1.22 bits per heavy atom. The van der Waals surface area contributed by atoms with Gasteiger partial charge in [-0.25, -0.2) is 4.98 Å². The topological polar surface area (TPSA) is 76.0 Å². The fourth-order valence-electron chi connectivity index (χ4n) is 2.30. The Bertz CT molecular complexity index is 881. The van der Waals surface area contributed by atoms with Gasteiger partial charge < -0.3 is 15.2 Å². The standard InChI is InChI=1S/C16H16N4O2S/c1-10(21)18-15-8-7-13(23-15)16(22)17-9-14-19-11-5-3-4-6-12(11)20(14)2/h3-8H,9H2,1-2H3,(H,17,22)(H,18,21). The first-order valence-corrected chi connectivity index (χ1v) is 7.92. The number of aryl methyl sites for hydroxylation is 1. The summed E-state index contributed by atoms with van der Waals surface area (Å²) in [4.78, 5) is 28.3. The molecule has 0 aliphatic carbocycles. The van der Waals surface area contributed by atoms with E-state index in [2.05, 4.69) is 15.6 Å². The Labute approximate surface area is 137 Å². The highest BCUT2D eigenvalue weighted by atomic mass is 32.1. The summed E-state index contributed by atoms with van der Waals surface area (Å²) in [7, 11) is 1.93. The summed E-state index contributed by atoms with van der Waals surface area (Å²) in [5, 5.41) is 6.18. The number of carbonyl (C=O) groups excluding carboxylic acids is 2. The Balaban J connectivity index is 1.69. The number of thiophene rings is 1. The zero-order chi connectivity index (χ0) is 16.4. The molecule has 0 spiro atoms. The molecule has 0 fully saturated rings. The normalized spacial score (nSPS) is 10.7. The van der Waals surface area contributed by atoms with E-state index in [1.54, 1.807) is 12.1 Å². The lowest BCUT2D eigenvalue weighted by molar-refractivity contribution is -0.114. The molecule has 2 amide bonds. The van der Waals surface area contributed by atoms with Crippen LogP contribution >= 0.6 is 11.3 Å². The smallest absolute Gasteiger partial charge is 0.261 e. The maximum absolute atomic E-state index is 12.2. The van der Waals surface area contributed by atoms with Crippen LogP contribution in [-0.2, 0) is 18.4 Å². The molecule has 2 heterocycles. The van der Waals surface area contributed by atoms with Crippen LogP contribution in [0.5, 0.6) is 0 Å². The summed E-state index contributed by atoms with van der Waals surface area (Å²) < 4.78 is 1.97. The van der Waals surface area contributed by atoms with Crippen LogP contribution in [0.15, 0.2) is 36.4 Å². The van der Waals surface area contributed by atoms with Gasteiger partial charge in [-0.1, -0.05) is 12.1 Å². The zero-order valence-electron chi connectivity index (χ0n) is 12.8. The number of benzene rings is 1. The van der Waals surface area contributed by atoms with Crippen molar-refractivity contribution >= 4 is 39.2 Å². The quantitative estimate of drug-likeness (QED) is 0.773. The van der Waals surface area contributed by atoms with Gasteiger partial charge in [0.15, 0.2) is 0 Å². The Kier molecular flexibility index (Phi) is 4.12. The number of aromatic nitrogens is 2. The number of nitrogens with one attached hydrogen (secondary N) is 2. The van der Waals surface area contributed by atoms with Crippen LogP contribution < -0.4 is 10.6 Å². The van der Waals surface area contributed by atoms with Crippen molar-refractivity contribution in [1.82, 2.24) is 14.9 Å². The maximum atomic E-state index is 12.2. The van der Waals surface area contributed by atoms with Crippen LogP contribution in [0.1, 0.15) is 22.4 Å². The van der Waals surface area contributed by atoms with Crippen molar-refractivity contribution in [3.8, 4) is 0 Å². The van der Waals surface area contributed by atoms with Gasteiger partial charge in [-0.15, -0.1) is 11.3 Å². The number of rotatable bonds is 4. The van der Waals surface area contributed by atoms with E-state index >= 15 is 0 Å².